The summed E-state index contributed by atoms with van der Waals surface area (Å²) >= 11 is 0. The number of alkyl halides is 1. The second kappa shape index (κ2) is 5.11. The SMILES string of the molecule is O=C1CCc2cc(C(=O)N3CCC(F)(CO)C3)ccc2N1. The van der Waals surface area contributed by atoms with Gasteiger partial charge in [-0.05, 0) is 30.2 Å². The van der Waals surface area contributed by atoms with Crippen molar-refractivity contribution in [3.8, 4) is 0 Å². The number of aliphatic hydroxyl groups excluding tert-OH is 1. The minimum absolute atomic E-state index is 0.0220. The number of aliphatic hydroxyl groups is 1. The molecule has 1 aromatic rings. The van der Waals surface area contributed by atoms with Crippen molar-refractivity contribution in [2.24, 2.45) is 0 Å². The first-order valence-electron chi connectivity index (χ1n) is 7.03. The van der Waals surface area contributed by atoms with Crippen molar-refractivity contribution in [3.63, 3.8) is 0 Å². The van der Waals surface area contributed by atoms with Gasteiger partial charge in [0, 0.05) is 30.6 Å². The molecule has 2 aliphatic rings. The maximum Gasteiger partial charge on any atom is 0.253 e. The summed E-state index contributed by atoms with van der Waals surface area (Å²) in [5.74, 6) is -0.256. The fourth-order valence-electron chi connectivity index (χ4n) is 2.84. The van der Waals surface area contributed by atoms with Crippen molar-refractivity contribution in [2.75, 3.05) is 25.0 Å². The molecule has 1 aromatic carbocycles. The van der Waals surface area contributed by atoms with Crippen LogP contribution in [0.3, 0.4) is 0 Å². The van der Waals surface area contributed by atoms with Gasteiger partial charge < -0.3 is 15.3 Å². The lowest BCUT2D eigenvalue weighted by molar-refractivity contribution is -0.116. The smallest absolute Gasteiger partial charge is 0.253 e. The third-order valence-corrected chi connectivity index (χ3v) is 4.12. The molecule has 21 heavy (non-hydrogen) atoms. The average Bonchev–Trinajstić information content (AvgIpc) is 2.89. The Balaban J connectivity index is 1.79. The summed E-state index contributed by atoms with van der Waals surface area (Å²) in [5, 5.41) is 11.8. The summed E-state index contributed by atoms with van der Waals surface area (Å²) in [5.41, 5.74) is 0.470. The second-order valence-corrected chi connectivity index (χ2v) is 5.71. The Hall–Kier alpha value is -1.95. The first-order valence-corrected chi connectivity index (χ1v) is 7.03. The van der Waals surface area contributed by atoms with Gasteiger partial charge in [-0.15, -0.1) is 0 Å². The van der Waals surface area contributed by atoms with E-state index in [0.717, 1.165) is 11.3 Å². The number of benzene rings is 1. The fraction of sp³-hybridized carbons (Fsp3) is 0.467. The van der Waals surface area contributed by atoms with Crippen LogP contribution in [0.1, 0.15) is 28.8 Å². The van der Waals surface area contributed by atoms with Crippen LogP contribution in [0.2, 0.25) is 0 Å². The summed E-state index contributed by atoms with van der Waals surface area (Å²) in [7, 11) is 0. The number of fused-ring (bicyclic) bond motifs is 1. The van der Waals surface area contributed by atoms with Gasteiger partial charge in [0.15, 0.2) is 5.67 Å². The molecule has 2 N–H and O–H groups in total. The number of nitrogens with one attached hydrogen (secondary N) is 1. The number of likely N-dealkylation sites (tertiary alicyclic amines) is 1. The van der Waals surface area contributed by atoms with Crippen molar-refractivity contribution < 1.29 is 19.1 Å². The van der Waals surface area contributed by atoms with Gasteiger partial charge >= 0.3 is 0 Å². The summed E-state index contributed by atoms with van der Waals surface area (Å²) < 4.78 is 14.0. The lowest BCUT2D eigenvalue weighted by Crippen LogP contribution is -2.35. The maximum absolute atomic E-state index is 14.0. The summed E-state index contributed by atoms with van der Waals surface area (Å²) in [4.78, 5) is 25.1. The first-order chi connectivity index (χ1) is 10.0. The van der Waals surface area contributed by atoms with Crippen LogP contribution in [0.25, 0.3) is 0 Å². The minimum atomic E-state index is -1.68. The molecule has 2 aliphatic heterocycles. The number of nitrogens with zero attached hydrogens (tertiary/aromatic N) is 1. The highest BCUT2D eigenvalue weighted by Crippen LogP contribution is 2.28. The van der Waals surface area contributed by atoms with Crippen LogP contribution in [-0.4, -0.2) is 47.2 Å². The van der Waals surface area contributed by atoms with E-state index in [4.69, 9.17) is 5.11 Å². The standard InChI is InChI=1S/C15H17FN2O3/c16-15(9-19)5-6-18(8-15)14(21)11-1-3-12-10(7-11)2-4-13(20)17-12/h1,3,7,19H,2,4-6,8-9H2,(H,17,20). The molecule has 6 heteroatoms. The van der Waals surface area contributed by atoms with E-state index in [1.807, 2.05) is 0 Å². The number of rotatable bonds is 2. The molecule has 5 nitrogen and oxygen atoms in total. The van der Waals surface area contributed by atoms with E-state index < -0.39 is 12.3 Å². The molecule has 2 amide bonds. The lowest BCUT2D eigenvalue weighted by Gasteiger charge is -2.21. The predicted molar refractivity (Wildman–Crippen MR) is 74.8 cm³/mol. The van der Waals surface area contributed by atoms with E-state index in [9.17, 15) is 14.0 Å². The summed E-state index contributed by atoms with van der Waals surface area (Å²) in [6.07, 6.45) is 1.18. The van der Waals surface area contributed by atoms with E-state index in [1.165, 1.54) is 4.90 Å². The number of carbonyl (C=O) groups excluding carboxylic acids is 2. The lowest BCUT2D eigenvalue weighted by atomic mass is 10.00. The molecule has 1 saturated heterocycles. The van der Waals surface area contributed by atoms with Gasteiger partial charge in [-0.1, -0.05) is 0 Å². The Morgan fingerprint density at radius 1 is 1.43 bits per heavy atom. The van der Waals surface area contributed by atoms with Gasteiger partial charge in [0.25, 0.3) is 5.91 Å². The monoisotopic (exact) mass is 292 g/mol. The maximum atomic E-state index is 14.0. The highest BCUT2D eigenvalue weighted by atomic mass is 19.1. The third kappa shape index (κ3) is 2.63. The second-order valence-electron chi connectivity index (χ2n) is 5.71. The molecule has 0 radical (unpaired) electrons. The van der Waals surface area contributed by atoms with Crippen molar-refractivity contribution >= 4 is 17.5 Å². The van der Waals surface area contributed by atoms with E-state index in [1.54, 1.807) is 18.2 Å². The fourth-order valence-corrected chi connectivity index (χ4v) is 2.84. The molecule has 0 aromatic heterocycles. The molecule has 0 bridgehead atoms. The van der Waals surface area contributed by atoms with E-state index in [-0.39, 0.29) is 24.8 Å². The number of aryl methyl sites for hydroxylation is 1. The molecule has 1 atom stereocenters. The molecule has 1 unspecified atom stereocenters. The van der Waals surface area contributed by atoms with Gasteiger partial charge in [-0.2, -0.15) is 0 Å². The van der Waals surface area contributed by atoms with Gasteiger partial charge in [0.05, 0.1) is 13.2 Å². The van der Waals surface area contributed by atoms with Crippen molar-refractivity contribution in [1.29, 1.82) is 0 Å². The predicted octanol–water partition coefficient (Wildman–Crippen LogP) is 1.12. The van der Waals surface area contributed by atoms with E-state index >= 15 is 0 Å². The van der Waals surface area contributed by atoms with Gasteiger partial charge in [-0.3, -0.25) is 9.59 Å². The number of carbonyl (C=O) groups is 2. The zero-order valence-corrected chi connectivity index (χ0v) is 11.6. The zero-order valence-electron chi connectivity index (χ0n) is 11.6. The molecule has 2 heterocycles. The van der Waals surface area contributed by atoms with Gasteiger partial charge in [-0.25, -0.2) is 4.39 Å². The van der Waals surface area contributed by atoms with Crippen LogP contribution < -0.4 is 5.32 Å². The summed E-state index contributed by atoms with van der Waals surface area (Å²) in [6.45, 7) is -0.327. The van der Waals surface area contributed by atoms with Crippen LogP contribution in [0, 0.1) is 0 Å². The average molecular weight is 292 g/mol. The Labute approximate surface area is 121 Å². The number of amides is 2. The number of hydrogen-bond donors (Lipinski definition) is 2. The third-order valence-electron chi connectivity index (χ3n) is 4.12. The number of anilines is 1. The molecule has 112 valence electrons. The molecule has 0 saturated carbocycles. The van der Waals surface area contributed by atoms with Crippen molar-refractivity contribution in [2.45, 2.75) is 24.9 Å². The highest BCUT2D eigenvalue weighted by Gasteiger charge is 2.40. The molecule has 0 spiro atoms. The largest absolute Gasteiger partial charge is 0.393 e. The summed E-state index contributed by atoms with van der Waals surface area (Å²) in [6, 6.07) is 5.11. The molecule has 0 aliphatic carbocycles. The highest BCUT2D eigenvalue weighted by molar-refractivity contribution is 5.98. The minimum Gasteiger partial charge on any atom is -0.393 e. The van der Waals surface area contributed by atoms with E-state index in [2.05, 4.69) is 5.32 Å². The quantitative estimate of drug-likeness (QED) is 0.858. The Kier molecular flexibility index (Phi) is 3.41. The van der Waals surface area contributed by atoms with Gasteiger partial charge in [0.2, 0.25) is 5.91 Å². The molecular weight excluding hydrogens is 275 g/mol. The molecular formula is C15H17FN2O3. The van der Waals surface area contributed by atoms with Crippen LogP contribution in [0.5, 0.6) is 0 Å². The number of hydrogen-bond acceptors (Lipinski definition) is 3. The van der Waals surface area contributed by atoms with E-state index in [0.29, 0.717) is 24.9 Å². The Morgan fingerprint density at radius 2 is 2.24 bits per heavy atom. The topological polar surface area (TPSA) is 69.6 Å². The van der Waals surface area contributed by atoms with Crippen LogP contribution >= 0.6 is 0 Å². The molecule has 1 fully saturated rings. The van der Waals surface area contributed by atoms with Gasteiger partial charge in [0.1, 0.15) is 0 Å². The van der Waals surface area contributed by atoms with Crippen molar-refractivity contribution in [3.05, 3.63) is 29.3 Å². The Morgan fingerprint density at radius 3 is 2.95 bits per heavy atom. The zero-order chi connectivity index (χ0) is 15.0. The van der Waals surface area contributed by atoms with Crippen LogP contribution in [0.15, 0.2) is 18.2 Å². The number of halogens is 1. The normalized spacial score (nSPS) is 24.7. The van der Waals surface area contributed by atoms with Crippen molar-refractivity contribution in [1.82, 2.24) is 4.90 Å². The first kappa shape index (κ1) is 14.0. The Bertz CT molecular complexity index is 605. The van der Waals surface area contributed by atoms with Crippen LogP contribution in [-0.2, 0) is 11.2 Å². The molecule has 3 rings (SSSR count). The van der Waals surface area contributed by atoms with Crippen LogP contribution in [0.4, 0.5) is 10.1 Å².